The van der Waals surface area contributed by atoms with Crippen LogP contribution in [0.25, 0.3) is 11.0 Å². The molecule has 4 heterocycles. The second-order valence-electron chi connectivity index (χ2n) is 14.3. The lowest BCUT2D eigenvalue weighted by Crippen LogP contribution is -2.54. The van der Waals surface area contributed by atoms with E-state index in [9.17, 15) is 39.6 Å². The van der Waals surface area contributed by atoms with E-state index in [1.165, 1.54) is 25.3 Å². The van der Waals surface area contributed by atoms with E-state index in [1.807, 2.05) is 23.1 Å². The van der Waals surface area contributed by atoms with Crippen molar-refractivity contribution in [1.29, 1.82) is 0 Å². The predicted octanol–water partition coefficient (Wildman–Crippen LogP) is 1.51. The second-order valence-corrected chi connectivity index (χ2v) is 14.3. The number of hydrogen-bond acceptors (Lipinski definition) is 16. The quantitative estimate of drug-likeness (QED) is 0.111. The first kappa shape index (κ1) is 36.6. The fraction of sp³-hybridized carbons (Fsp3) is 0.385. The number of ether oxygens (including phenoxy) is 4. The van der Waals surface area contributed by atoms with Gasteiger partial charge in [0.2, 0.25) is 11.6 Å². The van der Waals surface area contributed by atoms with Crippen LogP contribution in [0.5, 0.6) is 17.2 Å². The number of hydrogen-bond donors (Lipinski definition) is 5. The van der Waals surface area contributed by atoms with Crippen molar-refractivity contribution in [2.45, 2.75) is 75.5 Å². The van der Waals surface area contributed by atoms with Gasteiger partial charge in [0.05, 0.1) is 54.4 Å². The van der Waals surface area contributed by atoms with Crippen molar-refractivity contribution < 1.29 is 58.6 Å². The van der Waals surface area contributed by atoms with E-state index >= 15 is 0 Å². The van der Waals surface area contributed by atoms with Crippen LogP contribution in [0.2, 0.25) is 0 Å². The Morgan fingerprint density at radius 1 is 1.07 bits per heavy atom. The van der Waals surface area contributed by atoms with Gasteiger partial charge in [-0.3, -0.25) is 24.1 Å². The molecule has 0 bridgehead atoms. The third-order valence-electron chi connectivity index (χ3n) is 11.1. The Balaban J connectivity index is 1.16. The molecule has 0 spiro atoms. The van der Waals surface area contributed by atoms with Crippen LogP contribution in [-0.2, 0) is 43.3 Å². The van der Waals surface area contributed by atoms with Crippen LogP contribution in [-0.4, -0.2) is 109 Å². The van der Waals surface area contributed by atoms with Gasteiger partial charge in [0, 0.05) is 66.7 Å². The Morgan fingerprint density at radius 2 is 1.85 bits per heavy atom. The summed E-state index contributed by atoms with van der Waals surface area (Å²) in [7, 11) is 1.33. The summed E-state index contributed by atoms with van der Waals surface area (Å²) in [4.78, 5) is 64.5. The molecule has 1 saturated heterocycles. The zero-order chi connectivity index (χ0) is 38.9. The molecule has 6 N–H and O–H groups in total. The van der Waals surface area contributed by atoms with E-state index < -0.39 is 108 Å². The van der Waals surface area contributed by atoms with Crippen LogP contribution in [0.4, 0.5) is 0 Å². The average Bonchev–Trinajstić information content (AvgIpc) is 3.59. The molecule has 2 aromatic carbocycles. The largest absolute Gasteiger partial charge is 0.507 e. The number of ketones is 3. The molecule has 2 aromatic heterocycles. The van der Waals surface area contributed by atoms with E-state index in [-0.39, 0.29) is 34.4 Å². The Bertz CT molecular complexity index is 2250. The minimum atomic E-state index is -2.36. The topological polar surface area (TPSA) is 241 Å². The Morgan fingerprint density at radius 3 is 2.62 bits per heavy atom. The molecule has 0 amide bonds. The Labute approximate surface area is 313 Å². The number of pyridine rings is 2. The molecule has 2 aliphatic heterocycles. The van der Waals surface area contributed by atoms with Crippen LogP contribution in [0.15, 0.2) is 42.6 Å². The zero-order valence-electron chi connectivity index (χ0n) is 29.9. The van der Waals surface area contributed by atoms with Gasteiger partial charge in [-0.15, -0.1) is 0 Å². The van der Waals surface area contributed by atoms with Crippen molar-refractivity contribution in [2.75, 3.05) is 20.3 Å². The standard InChI is InChI=1S/C39H38N4O12/c1-17-33(46)23(43-14-19-9-18-5-4-8-41-38(18)42-22(19)15-43)10-28(54-17)55-25-12-39(51,26(44)16-53-27(45)13-40)11-21-30(25)37(50)32-31(35(21)48)34(47)20-6-3-7-24(52-2)29(20)36(32)49/h3-9,17,23,25,28,33,46,48,50-51H,10-16,40H2,1-2H3/t17-,23-,25-,28-,33+,39-/m0/s1. The number of fused-ring (bicyclic) bond motifs is 5. The molecule has 4 aromatic rings. The van der Waals surface area contributed by atoms with Crippen molar-refractivity contribution >= 4 is 34.4 Å². The van der Waals surface area contributed by atoms with Crippen LogP contribution in [0.1, 0.15) is 80.1 Å². The Kier molecular flexibility index (Phi) is 9.14. The number of aromatic hydroxyl groups is 2. The number of esters is 1. The molecule has 4 aliphatic rings. The van der Waals surface area contributed by atoms with Crippen molar-refractivity contribution in [3.8, 4) is 17.2 Å². The fourth-order valence-corrected chi connectivity index (χ4v) is 8.31. The van der Waals surface area contributed by atoms with Crippen LogP contribution in [0.3, 0.4) is 0 Å². The summed E-state index contributed by atoms with van der Waals surface area (Å²) in [6, 6.07) is 9.62. The number of aliphatic hydroxyl groups is 2. The van der Waals surface area contributed by atoms with Gasteiger partial charge in [-0.2, -0.15) is 0 Å². The van der Waals surface area contributed by atoms with Gasteiger partial charge in [0.25, 0.3) is 0 Å². The monoisotopic (exact) mass is 754 g/mol. The summed E-state index contributed by atoms with van der Waals surface area (Å²) in [5.74, 6) is -4.78. The van der Waals surface area contributed by atoms with Gasteiger partial charge in [-0.1, -0.05) is 12.1 Å². The number of methoxy groups -OCH3 is 1. The van der Waals surface area contributed by atoms with Crippen molar-refractivity contribution in [3.63, 3.8) is 0 Å². The van der Waals surface area contributed by atoms with Crippen LogP contribution < -0.4 is 10.5 Å². The highest BCUT2D eigenvalue weighted by Crippen LogP contribution is 2.52. The van der Waals surface area contributed by atoms with Gasteiger partial charge < -0.3 is 45.1 Å². The molecule has 0 unspecified atom stereocenters. The van der Waals surface area contributed by atoms with E-state index in [4.69, 9.17) is 29.7 Å². The van der Waals surface area contributed by atoms with Gasteiger partial charge in [-0.05, 0) is 36.8 Å². The van der Waals surface area contributed by atoms with Crippen molar-refractivity contribution in [2.24, 2.45) is 5.73 Å². The lowest BCUT2D eigenvalue weighted by molar-refractivity contribution is -0.259. The number of aliphatic hydroxyl groups excluding tert-OH is 1. The lowest BCUT2D eigenvalue weighted by Gasteiger charge is -2.44. The third-order valence-corrected chi connectivity index (χ3v) is 11.1. The molecular formula is C39H38N4O12. The number of carbonyl (C=O) groups is 4. The first-order valence-electron chi connectivity index (χ1n) is 17.8. The average molecular weight is 755 g/mol. The fourth-order valence-electron chi connectivity index (χ4n) is 8.31. The molecule has 2 aliphatic carbocycles. The highest BCUT2D eigenvalue weighted by molar-refractivity contribution is 6.31. The normalized spacial score (nSPS) is 25.9. The summed E-state index contributed by atoms with van der Waals surface area (Å²) in [5.41, 5.74) is 3.83. The SMILES string of the molecule is COc1cccc2c1C(=O)c1c(O)c3c(c(O)c1C2=O)C[C@@](O)(C(=O)COC(=O)CN)C[C@@H]3O[C@H]1C[C@H](N2Cc3cc4cccnc4nc3C2)[C@H](O)[C@H](C)O1. The zero-order valence-corrected chi connectivity index (χ0v) is 29.9. The molecule has 6 atom stereocenters. The number of benzene rings is 2. The number of carbonyl (C=O) groups excluding carboxylic acids is 4. The van der Waals surface area contributed by atoms with E-state index in [2.05, 4.69) is 4.98 Å². The number of phenols is 2. The summed E-state index contributed by atoms with van der Waals surface area (Å²) in [5, 5.41) is 47.9. The number of phenolic OH excluding ortho intramolecular Hbond substituents is 2. The van der Waals surface area contributed by atoms with E-state index in [0.29, 0.717) is 18.7 Å². The van der Waals surface area contributed by atoms with Crippen LogP contribution >= 0.6 is 0 Å². The maximum Gasteiger partial charge on any atom is 0.320 e. The number of Topliss-reactive ketones (excluding diaryl/α,β-unsaturated/α-hetero) is 1. The van der Waals surface area contributed by atoms with E-state index in [1.54, 1.807) is 13.1 Å². The first-order chi connectivity index (χ1) is 26.3. The summed E-state index contributed by atoms with van der Waals surface area (Å²) >= 11 is 0. The maximum absolute atomic E-state index is 14.1. The smallest absolute Gasteiger partial charge is 0.320 e. The Hall–Kier alpha value is -5.36. The molecule has 286 valence electrons. The van der Waals surface area contributed by atoms with Crippen molar-refractivity contribution in [3.05, 3.63) is 87.2 Å². The minimum absolute atomic E-state index is 0.0760. The predicted molar refractivity (Wildman–Crippen MR) is 189 cm³/mol. The highest BCUT2D eigenvalue weighted by Gasteiger charge is 2.51. The molecule has 8 rings (SSSR count). The first-order valence-corrected chi connectivity index (χ1v) is 17.8. The van der Waals surface area contributed by atoms with Gasteiger partial charge in [0.15, 0.2) is 24.3 Å². The number of nitrogens with two attached hydrogens (primary N) is 1. The number of rotatable bonds is 8. The molecule has 1 fully saturated rings. The molecule has 0 saturated carbocycles. The summed E-state index contributed by atoms with van der Waals surface area (Å²) < 4.78 is 22.9. The minimum Gasteiger partial charge on any atom is -0.507 e. The molecule has 16 heteroatoms. The van der Waals surface area contributed by atoms with E-state index in [0.717, 1.165) is 16.6 Å². The van der Waals surface area contributed by atoms with Crippen molar-refractivity contribution in [1.82, 2.24) is 14.9 Å². The molecular weight excluding hydrogens is 716 g/mol. The summed E-state index contributed by atoms with van der Waals surface area (Å²) in [6.07, 6.45) is -3.68. The molecule has 16 nitrogen and oxygen atoms in total. The van der Waals surface area contributed by atoms with Gasteiger partial charge >= 0.3 is 5.97 Å². The number of nitrogens with zero attached hydrogens (tertiary/aromatic N) is 3. The molecule has 55 heavy (non-hydrogen) atoms. The lowest BCUT2D eigenvalue weighted by atomic mass is 9.72. The van der Waals surface area contributed by atoms with Crippen LogP contribution in [0, 0.1) is 0 Å². The summed E-state index contributed by atoms with van der Waals surface area (Å²) in [6.45, 7) is 1.17. The number of aromatic nitrogens is 2. The maximum atomic E-state index is 14.1. The third kappa shape index (κ3) is 6.01. The molecule has 0 radical (unpaired) electrons. The highest BCUT2D eigenvalue weighted by atomic mass is 16.7. The second kappa shape index (κ2) is 13.7. The van der Waals surface area contributed by atoms with Gasteiger partial charge in [0.1, 0.15) is 22.8 Å². The van der Waals surface area contributed by atoms with Gasteiger partial charge in [-0.25, -0.2) is 9.97 Å².